The Morgan fingerprint density at radius 1 is 1.17 bits per heavy atom. The highest BCUT2D eigenvalue weighted by atomic mass is 16.5. The van der Waals surface area contributed by atoms with Crippen molar-refractivity contribution in [1.29, 1.82) is 0 Å². The molecule has 3 rings (SSSR count). The molecule has 7 nitrogen and oxygen atoms in total. The van der Waals surface area contributed by atoms with Gasteiger partial charge in [-0.25, -0.2) is 0 Å². The number of aliphatic hydroxyl groups excluding tert-OH is 1. The normalized spacial score (nSPS) is 12.3. The van der Waals surface area contributed by atoms with Gasteiger partial charge < -0.3 is 15.2 Å². The monoisotopic (exact) mass is 313 g/mol. The molecule has 0 saturated heterocycles. The molecule has 2 heterocycles. The zero-order valence-electron chi connectivity index (χ0n) is 13.1. The SMILES string of the molecule is CC[C@@H](Nc1ccc2nnc(CO)n2n1)c1ccc(OC)cc1. The lowest BCUT2D eigenvalue weighted by Gasteiger charge is -2.18. The van der Waals surface area contributed by atoms with Crippen molar-refractivity contribution in [2.45, 2.75) is 26.0 Å². The van der Waals surface area contributed by atoms with Crippen molar-refractivity contribution in [3.8, 4) is 5.75 Å². The average Bonchev–Trinajstić information content (AvgIpc) is 3.02. The van der Waals surface area contributed by atoms with Crippen LogP contribution >= 0.6 is 0 Å². The van der Waals surface area contributed by atoms with Crippen LogP contribution in [0.15, 0.2) is 36.4 Å². The molecular weight excluding hydrogens is 294 g/mol. The number of rotatable bonds is 6. The molecule has 0 spiro atoms. The van der Waals surface area contributed by atoms with Gasteiger partial charge in [0.15, 0.2) is 11.5 Å². The Hall–Kier alpha value is -2.67. The molecule has 7 heteroatoms. The number of aromatic nitrogens is 4. The maximum absolute atomic E-state index is 9.28. The molecule has 0 unspecified atom stereocenters. The molecule has 2 aromatic heterocycles. The van der Waals surface area contributed by atoms with Gasteiger partial charge in [-0.3, -0.25) is 0 Å². The topological polar surface area (TPSA) is 84.6 Å². The van der Waals surface area contributed by atoms with Crippen molar-refractivity contribution in [1.82, 2.24) is 19.8 Å². The van der Waals surface area contributed by atoms with E-state index in [1.54, 1.807) is 11.6 Å². The Labute approximate surface area is 133 Å². The van der Waals surface area contributed by atoms with E-state index in [2.05, 4.69) is 27.5 Å². The standard InChI is InChI=1S/C16H19N5O2/c1-3-13(11-4-6-12(23-2)7-5-11)17-14-8-9-15-18-19-16(10-22)21(15)20-14/h4-9,13,22H,3,10H2,1-2H3,(H,17,20)/t13-/m1/s1. The number of ether oxygens (including phenoxy) is 1. The highest BCUT2D eigenvalue weighted by molar-refractivity contribution is 5.45. The molecule has 2 N–H and O–H groups in total. The van der Waals surface area contributed by atoms with E-state index in [1.165, 1.54) is 0 Å². The number of nitrogens with one attached hydrogen (secondary N) is 1. The van der Waals surface area contributed by atoms with E-state index in [1.807, 2.05) is 36.4 Å². The highest BCUT2D eigenvalue weighted by Gasteiger charge is 2.12. The number of methoxy groups -OCH3 is 1. The van der Waals surface area contributed by atoms with E-state index in [4.69, 9.17) is 4.74 Å². The summed E-state index contributed by atoms with van der Waals surface area (Å²) in [6, 6.07) is 11.8. The summed E-state index contributed by atoms with van der Waals surface area (Å²) in [6.07, 6.45) is 0.904. The highest BCUT2D eigenvalue weighted by Crippen LogP contribution is 2.23. The van der Waals surface area contributed by atoms with Gasteiger partial charge in [0.2, 0.25) is 0 Å². The summed E-state index contributed by atoms with van der Waals surface area (Å²) >= 11 is 0. The summed E-state index contributed by atoms with van der Waals surface area (Å²) in [5.41, 5.74) is 1.76. The van der Waals surface area contributed by atoms with Gasteiger partial charge in [-0.1, -0.05) is 19.1 Å². The van der Waals surface area contributed by atoms with Crippen LogP contribution in [0.5, 0.6) is 5.75 Å². The van der Waals surface area contributed by atoms with Crippen LogP contribution in [-0.4, -0.2) is 32.0 Å². The first-order chi connectivity index (χ1) is 11.2. The van der Waals surface area contributed by atoms with Gasteiger partial charge in [-0.05, 0) is 36.2 Å². The van der Waals surface area contributed by atoms with Gasteiger partial charge in [0.05, 0.1) is 13.2 Å². The van der Waals surface area contributed by atoms with Crippen LogP contribution in [0, 0.1) is 0 Å². The van der Waals surface area contributed by atoms with Gasteiger partial charge in [-0.15, -0.1) is 15.3 Å². The van der Waals surface area contributed by atoms with Crippen LogP contribution in [0.2, 0.25) is 0 Å². The second-order valence-corrected chi connectivity index (χ2v) is 5.14. The van der Waals surface area contributed by atoms with Crippen molar-refractivity contribution >= 4 is 11.5 Å². The number of benzene rings is 1. The number of hydrogen-bond acceptors (Lipinski definition) is 6. The fraction of sp³-hybridized carbons (Fsp3) is 0.312. The van der Waals surface area contributed by atoms with Gasteiger partial charge in [-0.2, -0.15) is 4.52 Å². The van der Waals surface area contributed by atoms with E-state index in [9.17, 15) is 5.11 Å². The molecule has 0 saturated carbocycles. The van der Waals surface area contributed by atoms with Crippen molar-refractivity contribution in [2.24, 2.45) is 0 Å². The summed E-state index contributed by atoms with van der Waals surface area (Å²) in [6.45, 7) is 1.91. The lowest BCUT2D eigenvalue weighted by atomic mass is 10.0. The van der Waals surface area contributed by atoms with E-state index < -0.39 is 0 Å². The molecule has 0 fully saturated rings. The van der Waals surface area contributed by atoms with Crippen molar-refractivity contribution in [2.75, 3.05) is 12.4 Å². The number of anilines is 1. The minimum atomic E-state index is -0.201. The zero-order chi connectivity index (χ0) is 16.2. The predicted octanol–water partition coefficient (Wildman–Crippen LogP) is 2.19. The molecular formula is C16H19N5O2. The Morgan fingerprint density at radius 3 is 2.61 bits per heavy atom. The number of hydrogen-bond donors (Lipinski definition) is 2. The smallest absolute Gasteiger partial charge is 0.180 e. The third-order valence-corrected chi connectivity index (χ3v) is 3.72. The molecule has 120 valence electrons. The summed E-state index contributed by atoms with van der Waals surface area (Å²) in [4.78, 5) is 0. The molecule has 0 amide bonds. The molecule has 0 aliphatic rings. The fourth-order valence-corrected chi connectivity index (χ4v) is 2.44. The number of aliphatic hydroxyl groups is 1. The van der Waals surface area contributed by atoms with Crippen LogP contribution in [0.4, 0.5) is 5.82 Å². The first-order valence-corrected chi connectivity index (χ1v) is 7.47. The molecule has 0 radical (unpaired) electrons. The van der Waals surface area contributed by atoms with Crippen LogP contribution in [0.3, 0.4) is 0 Å². The Kier molecular flexibility index (Phi) is 4.38. The first-order valence-electron chi connectivity index (χ1n) is 7.47. The van der Waals surface area contributed by atoms with Crippen molar-refractivity contribution in [3.63, 3.8) is 0 Å². The molecule has 3 aromatic rings. The molecule has 0 aliphatic carbocycles. The van der Waals surface area contributed by atoms with Crippen LogP contribution in [0.25, 0.3) is 5.65 Å². The van der Waals surface area contributed by atoms with Gasteiger partial charge in [0, 0.05) is 0 Å². The minimum Gasteiger partial charge on any atom is -0.497 e. The van der Waals surface area contributed by atoms with E-state index in [-0.39, 0.29) is 12.6 Å². The summed E-state index contributed by atoms with van der Waals surface area (Å²) in [7, 11) is 1.65. The Morgan fingerprint density at radius 2 is 1.96 bits per heavy atom. The number of fused-ring (bicyclic) bond motifs is 1. The minimum absolute atomic E-state index is 0.125. The maximum atomic E-state index is 9.28. The lowest BCUT2D eigenvalue weighted by molar-refractivity contribution is 0.268. The van der Waals surface area contributed by atoms with Crippen LogP contribution in [0.1, 0.15) is 30.8 Å². The maximum Gasteiger partial charge on any atom is 0.180 e. The summed E-state index contributed by atoms with van der Waals surface area (Å²) < 4.78 is 6.74. The molecule has 1 atom stereocenters. The molecule has 23 heavy (non-hydrogen) atoms. The fourth-order valence-electron chi connectivity index (χ4n) is 2.44. The predicted molar refractivity (Wildman–Crippen MR) is 86.4 cm³/mol. The third-order valence-electron chi connectivity index (χ3n) is 3.72. The number of nitrogens with zero attached hydrogens (tertiary/aromatic N) is 4. The first kappa shape index (κ1) is 15.2. The van der Waals surface area contributed by atoms with Gasteiger partial charge in [0.25, 0.3) is 0 Å². The molecule has 0 aliphatic heterocycles. The Balaban J connectivity index is 1.85. The average molecular weight is 313 g/mol. The van der Waals surface area contributed by atoms with E-state index >= 15 is 0 Å². The largest absolute Gasteiger partial charge is 0.497 e. The van der Waals surface area contributed by atoms with Crippen molar-refractivity contribution in [3.05, 3.63) is 47.8 Å². The zero-order valence-corrected chi connectivity index (χ0v) is 13.1. The summed E-state index contributed by atoms with van der Waals surface area (Å²) in [5.74, 6) is 1.95. The molecule has 1 aromatic carbocycles. The quantitative estimate of drug-likeness (QED) is 0.725. The lowest BCUT2D eigenvalue weighted by Crippen LogP contribution is -2.12. The van der Waals surface area contributed by atoms with Crippen LogP contribution in [-0.2, 0) is 6.61 Å². The van der Waals surface area contributed by atoms with E-state index in [0.717, 1.165) is 17.7 Å². The second kappa shape index (κ2) is 6.62. The molecule has 0 bridgehead atoms. The van der Waals surface area contributed by atoms with Crippen LogP contribution < -0.4 is 10.1 Å². The second-order valence-electron chi connectivity index (χ2n) is 5.14. The van der Waals surface area contributed by atoms with Gasteiger partial charge >= 0.3 is 0 Å². The Bertz CT molecular complexity index is 785. The van der Waals surface area contributed by atoms with Gasteiger partial charge in [0.1, 0.15) is 18.2 Å². The van der Waals surface area contributed by atoms with Crippen molar-refractivity contribution < 1.29 is 9.84 Å². The summed E-state index contributed by atoms with van der Waals surface area (Å²) in [5, 5.41) is 25.0. The third kappa shape index (κ3) is 3.09. The van der Waals surface area contributed by atoms with E-state index in [0.29, 0.717) is 17.3 Å².